The molecule has 19 heavy (non-hydrogen) atoms. The van der Waals surface area contributed by atoms with E-state index in [0.29, 0.717) is 17.6 Å². The van der Waals surface area contributed by atoms with Gasteiger partial charge in [-0.15, -0.1) is 0 Å². The number of nitrogens with one attached hydrogen (secondary N) is 1. The number of rotatable bonds is 9. The predicted octanol–water partition coefficient (Wildman–Crippen LogP) is 2.90. The maximum Gasteiger partial charge on any atom is 0.0702 e. The first-order valence-corrected chi connectivity index (χ1v) is 8.05. The second-order valence-corrected chi connectivity index (χ2v) is 6.58. The van der Waals surface area contributed by atoms with Crippen LogP contribution in [0.1, 0.15) is 53.4 Å². The fourth-order valence-corrected chi connectivity index (χ4v) is 3.41. The third-order valence-electron chi connectivity index (χ3n) is 4.37. The zero-order chi connectivity index (χ0) is 14.3. The highest BCUT2D eigenvalue weighted by molar-refractivity contribution is 4.86. The molecule has 3 heteroatoms. The average Bonchev–Trinajstić information content (AvgIpc) is 2.76. The Morgan fingerprint density at radius 3 is 2.58 bits per heavy atom. The van der Waals surface area contributed by atoms with Gasteiger partial charge in [-0.2, -0.15) is 0 Å². The van der Waals surface area contributed by atoms with E-state index in [2.05, 4.69) is 45.0 Å². The van der Waals surface area contributed by atoms with Crippen LogP contribution in [-0.4, -0.2) is 50.3 Å². The van der Waals surface area contributed by atoms with Gasteiger partial charge in [-0.1, -0.05) is 27.2 Å². The van der Waals surface area contributed by atoms with Crippen LogP contribution in [0.15, 0.2) is 0 Å². The molecule has 0 spiro atoms. The van der Waals surface area contributed by atoms with Gasteiger partial charge in [0.25, 0.3) is 0 Å². The second-order valence-electron chi connectivity index (χ2n) is 6.58. The SMILES string of the molecule is CCCNCC(C)(CCC)CN(C)C1CCOC1C. The highest BCUT2D eigenvalue weighted by Crippen LogP contribution is 2.27. The van der Waals surface area contributed by atoms with Crippen LogP contribution >= 0.6 is 0 Å². The summed E-state index contributed by atoms with van der Waals surface area (Å²) < 4.78 is 5.70. The summed E-state index contributed by atoms with van der Waals surface area (Å²) >= 11 is 0. The second kappa shape index (κ2) is 8.23. The number of ether oxygens (including phenoxy) is 1. The van der Waals surface area contributed by atoms with E-state index in [1.165, 1.54) is 25.7 Å². The Kier molecular flexibility index (Phi) is 7.33. The predicted molar refractivity (Wildman–Crippen MR) is 82.6 cm³/mol. The maximum atomic E-state index is 5.70. The van der Waals surface area contributed by atoms with Gasteiger partial charge in [0, 0.05) is 25.7 Å². The molecular formula is C16H34N2O. The lowest BCUT2D eigenvalue weighted by Crippen LogP contribution is -2.46. The molecule has 1 N–H and O–H groups in total. The van der Waals surface area contributed by atoms with Crippen molar-refractivity contribution >= 4 is 0 Å². The van der Waals surface area contributed by atoms with Crippen molar-refractivity contribution in [2.24, 2.45) is 5.41 Å². The topological polar surface area (TPSA) is 24.5 Å². The molecule has 0 saturated carbocycles. The van der Waals surface area contributed by atoms with Crippen LogP contribution in [0.3, 0.4) is 0 Å². The Balaban J connectivity index is 2.50. The number of nitrogens with zero attached hydrogens (tertiary/aromatic N) is 1. The first-order valence-electron chi connectivity index (χ1n) is 8.05. The monoisotopic (exact) mass is 270 g/mol. The molecule has 3 unspecified atom stereocenters. The van der Waals surface area contributed by atoms with Gasteiger partial charge in [-0.3, -0.25) is 0 Å². The summed E-state index contributed by atoms with van der Waals surface area (Å²) in [6.45, 7) is 13.5. The molecule has 114 valence electrons. The third kappa shape index (κ3) is 5.41. The zero-order valence-corrected chi connectivity index (χ0v) is 13.7. The lowest BCUT2D eigenvalue weighted by atomic mass is 9.84. The van der Waals surface area contributed by atoms with Gasteiger partial charge < -0.3 is 15.0 Å². The zero-order valence-electron chi connectivity index (χ0n) is 13.7. The molecule has 0 radical (unpaired) electrons. The van der Waals surface area contributed by atoms with E-state index in [-0.39, 0.29) is 0 Å². The van der Waals surface area contributed by atoms with Crippen molar-refractivity contribution in [3.05, 3.63) is 0 Å². The summed E-state index contributed by atoms with van der Waals surface area (Å²) in [5, 5.41) is 3.61. The molecule has 3 nitrogen and oxygen atoms in total. The van der Waals surface area contributed by atoms with Gasteiger partial charge in [0.1, 0.15) is 0 Å². The molecule has 0 aromatic carbocycles. The van der Waals surface area contributed by atoms with E-state index in [9.17, 15) is 0 Å². The molecule has 1 fully saturated rings. The molecule has 1 saturated heterocycles. The first kappa shape index (κ1) is 16.9. The Labute approximate surface area is 120 Å². The minimum absolute atomic E-state index is 0.376. The van der Waals surface area contributed by atoms with Gasteiger partial charge >= 0.3 is 0 Å². The first-order chi connectivity index (χ1) is 9.02. The van der Waals surface area contributed by atoms with E-state index in [1.807, 2.05) is 0 Å². The van der Waals surface area contributed by atoms with Gasteiger partial charge in [-0.05, 0) is 45.2 Å². The van der Waals surface area contributed by atoms with E-state index < -0.39 is 0 Å². The smallest absolute Gasteiger partial charge is 0.0702 e. The lowest BCUT2D eigenvalue weighted by molar-refractivity contribution is 0.0641. The number of hydrogen-bond donors (Lipinski definition) is 1. The van der Waals surface area contributed by atoms with Crippen LogP contribution in [0.5, 0.6) is 0 Å². The summed E-state index contributed by atoms with van der Waals surface area (Å²) in [5.41, 5.74) is 0.376. The van der Waals surface area contributed by atoms with Crippen LogP contribution in [-0.2, 0) is 4.74 Å². The third-order valence-corrected chi connectivity index (χ3v) is 4.37. The molecule has 0 aliphatic carbocycles. The van der Waals surface area contributed by atoms with Crippen LogP contribution < -0.4 is 5.32 Å². The lowest BCUT2D eigenvalue weighted by Gasteiger charge is -2.37. The Bertz CT molecular complexity index is 247. The van der Waals surface area contributed by atoms with Crippen molar-refractivity contribution in [1.82, 2.24) is 10.2 Å². The summed E-state index contributed by atoms with van der Waals surface area (Å²) in [7, 11) is 2.27. The quantitative estimate of drug-likeness (QED) is 0.652. The highest BCUT2D eigenvalue weighted by atomic mass is 16.5. The number of likely N-dealkylation sites (N-methyl/N-ethyl adjacent to an activating group) is 1. The Morgan fingerprint density at radius 1 is 1.32 bits per heavy atom. The normalized spacial score (nSPS) is 26.8. The van der Waals surface area contributed by atoms with Gasteiger partial charge in [0.05, 0.1) is 6.10 Å². The molecule has 0 amide bonds. The Morgan fingerprint density at radius 2 is 2.05 bits per heavy atom. The summed E-state index contributed by atoms with van der Waals surface area (Å²) in [6, 6.07) is 0.599. The molecule has 1 rings (SSSR count). The minimum Gasteiger partial charge on any atom is -0.377 e. The summed E-state index contributed by atoms with van der Waals surface area (Å²) in [5.74, 6) is 0. The molecule has 0 aromatic rings. The molecule has 0 bridgehead atoms. The van der Waals surface area contributed by atoms with E-state index >= 15 is 0 Å². The van der Waals surface area contributed by atoms with E-state index in [0.717, 1.165) is 26.2 Å². The Hall–Kier alpha value is -0.120. The number of hydrogen-bond acceptors (Lipinski definition) is 3. The van der Waals surface area contributed by atoms with Crippen molar-refractivity contribution in [1.29, 1.82) is 0 Å². The molecular weight excluding hydrogens is 236 g/mol. The van der Waals surface area contributed by atoms with Crippen LogP contribution in [0.4, 0.5) is 0 Å². The van der Waals surface area contributed by atoms with Crippen molar-refractivity contribution in [2.75, 3.05) is 33.3 Å². The van der Waals surface area contributed by atoms with E-state index in [4.69, 9.17) is 4.74 Å². The summed E-state index contributed by atoms with van der Waals surface area (Å²) in [6.07, 6.45) is 5.33. The summed E-state index contributed by atoms with van der Waals surface area (Å²) in [4.78, 5) is 2.53. The molecule has 3 atom stereocenters. The van der Waals surface area contributed by atoms with Crippen molar-refractivity contribution in [3.63, 3.8) is 0 Å². The van der Waals surface area contributed by atoms with Crippen LogP contribution in [0, 0.1) is 5.41 Å². The van der Waals surface area contributed by atoms with Gasteiger partial charge in [0.2, 0.25) is 0 Å². The van der Waals surface area contributed by atoms with Crippen molar-refractivity contribution < 1.29 is 4.74 Å². The molecule has 1 heterocycles. The fourth-order valence-electron chi connectivity index (χ4n) is 3.41. The van der Waals surface area contributed by atoms with Gasteiger partial charge in [0.15, 0.2) is 0 Å². The van der Waals surface area contributed by atoms with Crippen molar-refractivity contribution in [2.45, 2.75) is 65.5 Å². The van der Waals surface area contributed by atoms with Crippen molar-refractivity contribution in [3.8, 4) is 0 Å². The minimum atomic E-state index is 0.376. The molecule has 1 aliphatic heterocycles. The fraction of sp³-hybridized carbons (Fsp3) is 1.00. The van der Waals surface area contributed by atoms with Crippen LogP contribution in [0.25, 0.3) is 0 Å². The molecule has 1 aliphatic rings. The standard InChI is InChI=1S/C16H34N2O/c1-6-9-16(4,12-17-10-7-2)13-18(5)15-8-11-19-14(15)3/h14-15,17H,6-13H2,1-5H3. The maximum absolute atomic E-state index is 5.70. The largest absolute Gasteiger partial charge is 0.377 e. The van der Waals surface area contributed by atoms with Gasteiger partial charge in [-0.25, -0.2) is 0 Å². The van der Waals surface area contributed by atoms with E-state index in [1.54, 1.807) is 0 Å². The average molecular weight is 270 g/mol. The highest BCUT2D eigenvalue weighted by Gasteiger charge is 2.32. The van der Waals surface area contributed by atoms with Crippen LogP contribution in [0.2, 0.25) is 0 Å². The molecule has 0 aromatic heterocycles.